The molecule has 0 saturated carbocycles. The minimum absolute atomic E-state index is 0.121. The lowest BCUT2D eigenvalue weighted by Gasteiger charge is -2.28. The van der Waals surface area contributed by atoms with Crippen molar-refractivity contribution in [3.8, 4) is 5.69 Å². The van der Waals surface area contributed by atoms with E-state index in [1.165, 1.54) is 34.4 Å². The standard InChI is InChI=1S/C20H24F3N5O3/c21-20(22,23)17-9-14(28-13-24-12-25-28)5-6-18(17)26-19(29)27(10-15-3-1-7-30-15)11-16-4-2-8-31-16/h5-6,9,12-13,15-16H,1-4,7-8,10-11H2,(H,26,29). The molecule has 8 nitrogen and oxygen atoms in total. The molecule has 2 fully saturated rings. The van der Waals surface area contributed by atoms with Crippen LogP contribution >= 0.6 is 0 Å². The molecule has 2 unspecified atom stereocenters. The highest BCUT2D eigenvalue weighted by molar-refractivity contribution is 5.90. The summed E-state index contributed by atoms with van der Waals surface area (Å²) in [7, 11) is 0. The van der Waals surface area contributed by atoms with Crippen LogP contribution in [0.25, 0.3) is 5.69 Å². The number of nitrogens with zero attached hydrogens (tertiary/aromatic N) is 4. The first-order valence-corrected chi connectivity index (χ1v) is 10.3. The van der Waals surface area contributed by atoms with E-state index >= 15 is 0 Å². The quantitative estimate of drug-likeness (QED) is 0.746. The molecule has 168 valence electrons. The lowest BCUT2D eigenvalue weighted by Crippen LogP contribution is -2.44. The van der Waals surface area contributed by atoms with Crippen molar-refractivity contribution >= 4 is 11.7 Å². The molecule has 0 bridgehead atoms. The first-order chi connectivity index (χ1) is 14.9. The molecule has 2 atom stereocenters. The van der Waals surface area contributed by atoms with Gasteiger partial charge in [0.1, 0.15) is 12.7 Å². The third-order valence-electron chi connectivity index (χ3n) is 5.42. The van der Waals surface area contributed by atoms with Gasteiger partial charge in [-0.05, 0) is 43.9 Å². The summed E-state index contributed by atoms with van der Waals surface area (Å²) in [5.41, 5.74) is -1.08. The fourth-order valence-corrected chi connectivity index (χ4v) is 3.86. The molecule has 11 heteroatoms. The minimum Gasteiger partial charge on any atom is -0.376 e. The zero-order valence-corrected chi connectivity index (χ0v) is 16.8. The second-order valence-electron chi connectivity index (χ2n) is 7.67. The lowest BCUT2D eigenvalue weighted by molar-refractivity contribution is -0.136. The number of anilines is 1. The maximum Gasteiger partial charge on any atom is 0.418 e. The number of aromatic nitrogens is 3. The summed E-state index contributed by atoms with van der Waals surface area (Å²) in [6, 6.07) is 3.01. The van der Waals surface area contributed by atoms with Crippen molar-refractivity contribution < 1.29 is 27.4 Å². The Balaban J connectivity index is 1.54. The largest absolute Gasteiger partial charge is 0.418 e. The zero-order chi connectivity index (χ0) is 21.8. The van der Waals surface area contributed by atoms with Gasteiger partial charge in [0.25, 0.3) is 0 Å². The number of ether oxygens (including phenoxy) is 2. The Morgan fingerprint density at radius 2 is 1.84 bits per heavy atom. The third-order valence-corrected chi connectivity index (χ3v) is 5.42. The predicted molar refractivity (Wildman–Crippen MR) is 105 cm³/mol. The summed E-state index contributed by atoms with van der Waals surface area (Å²) in [6.45, 7) is 1.87. The topological polar surface area (TPSA) is 81.5 Å². The van der Waals surface area contributed by atoms with Crippen LogP contribution in [0.15, 0.2) is 30.9 Å². The van der Waals surface area contributed by atoms with Gasteiger partial charge in [-0.25, -0.2) is 14.5 Å². The van der Waals surface area contributed by atoms with E-state index in [0.29, 0.717) is 26.3 Å². The lowest BCUT2D eigenvalue weighted by atomic mass is 10.1. The van der Waals surface area contributed by atoms with Gasteiger partial charge in [0, 0.05) is 26.3 Å². The van der Waals surface area contributed by atoms with E-state index in [1.807, 2.05) is 0 Å². The van der Waals surface area contributed by atoms with Crippen LogP contribution in [0, 0.1) is 0 Å². The van der Waals surface area contributed by atoms with E-state index in [9.17, 15) is 18.0 Å². The molecule has 4 rings (SSSR count). The normalized spacial score (nSPS) is 21.4. The fraction of sp³-hybridized carbons (Fsp3) is 0.550. The van der Waals surface area contributed by atoms with Gasteiger partial charge in [0.05, 0.1) is 29.1 Å². The van der Waals surface area contributed by atoms with E-state index in [4.69, 9.17) is 9.47 Å². The highest BCUT2D eigenvalue weighted by Crippen LogP contribution is 2.36. The fourth-order valence-electron chi connectivity index (χ4n) is 3.86. The summed E-state index contributed by atoms with van der Waals surface area (Å²) in [6.07, 6.45) is 1.08. The number of nitrogens with one attached hydrogen (secondary N) is 1. The maximum atomic E-state index is 13.7. The van der Waals surface area contributed by atoms with Crippen molar-refractivity contribution in [3.63, 3.8) is 0 Å². The van der Waals surface area contributed by atoms with Gasteiger partial charge in [0.15, 0.2) is 0 Å². The average Bonchev–Trinajstić information content (AvgIpc) is 3.50. The molecule has 2 aromatic rings. The molecule has 2 aliphatic rings. The minimum atomic E-state index is -4.66. The van der Waals surface area contributed by atoms with Gasteiger partial charge in [-0.1, -0.05) is 0 Å². The Kier molecular flexibility index (Phi) is 6.42. The Labute approximate surface area is 177 Å². The molecular weight excluding hydrogens is 415 g/mol. The second-order valence-corrected chi connectivity index (χ2v) is 7.67. The molecule has 2 saturated heterocycles. The zero-order valence-electron chi connectivity index (χ0n) is 16.8. The number of urea groups is 1. The number of hydrogen-bond donors (Lipinski definition) is 1. The van der Waals surface area contributed by atoms with Crippen LogP contribution in [-0.2, 0) is 15.7 Å². The van der Waals surface area contributed by atoms with Crippen molar-refractivity contribution in [2.24, 2.45) is 0 Å². The highest BCUT2D eigenvalue weighted by atomic mass is 19.4. The predicted octanol–water partition coefficient (Wildman–Crippen LogP) is 3.48. The second kappa shape index (κ2) is 9.23. The van der Waals surface area contributed by atoms with Crippen molar-refractivity contribution in [2.45, 2.75) is 44.1 Å². The van der Waals surface area contributed by atoms with Crippen LogP contribution in [0.4, 0.5) is 23.7 Å². The number of carbonyl (C=O) groups is 1. The number of hydrogen-bond acceptors (Lipinski definition) is 5. The number of rotatable bonds is 6. The van der Waals surface area contributed by atoms with Gasteiger partial charge in [-0.15, -0.1) is 0 Å². The summed E-state index contributed by atoms with van der Waals surface area (Å²) >= 11 is 0. The van der Waals surface area contributed by atoms with E-state index in [0.717, 1.165) is 31.7 Å². The third kappa shape index (κ3) is 5.34. The summed E-state index contributed by atoms with van der Waals surface area (Å²) in [4.78, 5) is 18.2. The van der Waals surface area contributed by atoms with Crippen molar-refractivity contribution in [1.82, 2.24) is 19.7 Å². The number of carbonyl (C=O) groups excluding carboxylic acids is 1. The van der Waals surface area contributed by atoms with Gasteiger partial charge in [-0.2, -0.15) is 18.3 Å². The van der Waals surface area contributed by atoms with Crippen LogP contribution < -0.4 is 5.32 Å². The van der Waals surface area contributed by atoms with Gasteiger partial charge >= 0.3 is 12.2 Å². The average molecular weight is 439 g/mol. The van der Waals surface area contributed by atoms with Crippen molar-refractivity contribution in [3.05, 3.63) is 36.4 Å². The molecule has 3 heterocycles. The summed E-state index contributed by atoms with van der Waals surface area (Å²) in [5.74, 6) is 0. The van der Waals surface area contributed by atoms with Crippen molar-refractivity contribution in [1.29, 1.82) is 0 Å². The van der Waals surface area contributed by atoms with Crippen molar-refractivity contribution in [2.75, 3.05) is 31.6 Å². The molecule has 31 heavy (non-hydrogen) atoms. The van der Waals surface area contributed by atoms with Gasteiger partial charge in [0.2, 0.25) is 0 Å². The van der Waals surface area contributed by atoms with Gasteiger partial charge in [-0.3, -0.25) is 0 Å². The molecule has 1 aromatic heterocycles. The maximum absolute atomic E-state index is 13.7. The number of amides is 2. The number of alkyl halides is 3. The SMILES string of the molecule is O=C(Nc1ccc(-n2cncn2)cc1C(F)(F)F)N(CC1CCCO1)CC1CCCO1. The smallest absolute Gasteiger partial charge is 0.376 e. The molecule has 2 aliphatic heterocycles. The summed E-state index contributed by atoms with van der Waals surface area (Å²) in [5, 5.41) is 6.31. The Hall–Kier alpha value is -2.66. The first-order valence-electron chi connectivity index (χ1n) is 10.3. The molecule has 0 aliphatic carbocycles. The highest BCUT2D eigenvalue weighted by Gasteiger charge is 2.35. The van der Waals surface area contributed by atoms with E-state index < -0.39 is 17.8 Å². The number of benzene rings is 1. The Morgan fingerprint density at radius 1 is 1.16 bits per heavy atom. The van der Waals surface area contributed by atoms with Crippen LogP contribution in [0.5, 0.6) is 0 Å². The van der Waals surface area contributed by atoms with E-state index in [2.05, 4.69) is 15.4 Å². The molecule has 0 spiro atoms. The monoisotopic (exact) mass is 439 g/mol. The van der Waals surface area contributed by atoms with Crippen LogP contribution in [0.3, 0.4) is 0 Å². The first kappa shape index (κ1) is 21.6. The Bertz CT molecular complexity index is 861. The molecule has 2 amide bonds. The molecule has 0 radical (unpaired) electrons. The van der Waals surface area contributed by atoms with E-state index in [1.54, 1.807) is 0 Å². The molecular formula is C20H24F3N5O3. The van der Waals surface area contributed by atoms with Crippen LogP contribution in [-0.4, -0.2) is 64.2 Å². The molecule has 1 N–H and O–H groups in total. The van der Waals surface area contributed by atoms with Crippen LogP contribution in [0.1, 0.15) is 31.2 Å². The number of halogens is 3. The molecule has 1 aromatic carbocycles. The van der Waals surface area contributed by atoms with Gasteiger partial charge < -0.3 is 19.7 Å². The van der Waals surface area contributed by atoms with Crippen LogP contribution in [0.2, 0.25) is 0 Å². The summed E-state index contributed by atoms with van der Waals surface area (Å²) < 4.78 is 53.7. The Morgan fingerprint density at radius 3 is 2.35 bits per heavy atom. The van der Waals surface area contributed by atoms with E-state index in [-0.39, 0.29) is 23.6 Å².